The van der Waals surface area contributed by atoms with Crippen LogP contribution in [0.1, 0.15) is 5.76 Å². The number of para-hydroxylation sites is 2. The number of rotatable bonds is 5. The van der Waals surface area contributed by atoms with Crippen LogP contribution in [0.5, 0.6) is 0 Å². The van der Waals surface area contributed by atoms with Gasteiger partial charge in [0.25, 0.3) is 11.6 Å². The molecule has 0 aliphatic carbocycles. The highest BCUT2D eigenvalue weighted by Crippen LogP contribution is 2.29. The summed E-state index contributed by atoms with van der Waals surface area (Å²) >= 11 is 12.0. The number of amides is 1. The lowest BCUT2D eigenvalue weighted by Crippen LogP contribution is -2.14. The average molecular weight is 428 g/mol. The van der Waals surface area contributed by atoms with Crippen molar-refractivity contribution in [2.24, 2.45) is 0 Å². The van der Waals surface area contributed by atoms with Crippen molar-refractivity contribution >= 4 is 46.6 Å². The molecule has 29 heavy (non-hydrogen) atoms. The van der Waals surface area contributed by atoms with Crippen LogP contribution in [-0.2, 0) is 4.79 Å². The molecular formula is C20H11Cl2N3O4. The second-order valence-electron chi connectivity index (χ2n) is 5.76. The molecule has 1 N–H and O–H groups in total. The van der Waals surface area contributed by atoms with E-state index in [0.29, 0.717) is 21.4 Å². The Kier molecular flexibility index (Phi) is 5.98. The van der Waals surface area contributed by atoms with Crippen molar-refractivity contribution in [1.82, 2.24) is 0 Å². The van der Waals surface area contributed by atoms with Crippen molar-refractivity contribution in [1.29, 1.82) is 5.26 Å². The molecule has 0 aliphatic heterocycles. The highest BCUT2D eigenvalue weighted by atomic mass is 35.5. The lowest BCUT2D eigenvalue weighted by Gasteiger charge is -2.04. The first-order valence-corrected chi connectivity index (χ1v) is 8.86. The standard InChI is InChI=1S/C20H11Cl2N3O4/c21-14-7-12(8-15(22)10-14)19-6-5-16(29-19)9-13(11-23)20(26)24-17-3-1-2-4-18(17)25(27)28/h1-10H,(H,24,26)/b13-9+. The number of carbonyl (C=O) groups excluding carboxylic acids is 1. The third-order valence-electron chi connectivity index (χ3n) is 3.77. The van der Waals surface area contributed by atoms with E-state index in [1.165, 1.54) is 30.3 Å². The number of hydrogen-bond acceptors (Lipinski definition) is 5. The summed E-state index contributed by atoms with van der Waals surface area (Å²) in [6.45, 7) is 0. The Morgan fingerprint density at radius 1 is 1.14 bits per heavy atom. The van der Waals surface area contributed by atoms with Gasteiger partial charge in [0.15, 0.2) is 0 Å². The summed E-state index contributed by atoms with van der Waals surface area (Å²) in [4.78, 5) is 22.8. The highest BCUT2D eigenvalue weighted by Gasteiger charge is 2.17. The molecule has 3 aromatic rings. The molecule has 1 amide bonds. The van der Waals surface area contributed by atoms with Gasteiger partial charge in [-0.15, -0.1) is 0 Å². The van der Waals surface area contributed by atoms with Crippen LogP contribution in [0.4, 0.5) is 11.4 Å². The predicted octanol–water partition coefficient (Wildman–Crippen LogP) is 5.71. The van der Waals surface area contributed by atoms with Crippen LogP contribution < -0.4 is 5.32 Å². The van der Waals surface area contributed by atoms with Crippen molar-refractivity contribution in [2.75, 3.05) is 5.32 Å². The number of anilines is 1. The summed E-state index contributed by atoms with van der Waals surface area (Å²) in [5.74, 6) is -0.118. The van der Waals surface area contributed by atoms with Crippen LogP contribution in [0, 0.1) is 21.4 Å². The Hall–Kier alpha value is -3.60. The maximum atomic E-state index is 12.4. The number of nitro groups is 1. The van der Waals surface area contributed by atoms with Crippen LogP contribution in [0.2, 0.25) is 10.0 Å². The molecule has 0 saturated heterocycles. The quantitative estimate of drug-likeness (QED) is 0.242. The fourth-order valence-electron chi connectivity index (χ4n) is 2.50. The number of benzene rings is 2. The van der Waals surface area contributed by atoms with Crippen LogP contribution in [0.25, 0.3) is 17.4 Å². The molecule has 7 nitrogen and oxygen atoms in total. The number of halogens is 2. The van der Waals surface area contributed by atoms with E-state index in [0.717, 1.165) is 0 Å². The minimum absolute atomic E-state index is 0.0163. The SMILES string of the molecule is N#C/C(=C\c1ccc(-c2cc(Cl)cc(Cl)c2)o1)C(=O)Nc1ccccc1[N+](=O)[O-]. The lowest BCUT2D eigenvalue weighted by molar-refractivity contribution is -0.383. The monoisotopic (exact) mass is 427 g/mol. The molecule has 9 heteroatoms. The van der Waals surface area contributed by atoms with Gasteiger partial charge in [0.05, 0.1) is 4.92 Å². The first-order valence-electron chi connectivity index (χ1n) is 8.10. The van der Waals surface area contributed by atoms with E-state index in [1.807, 2.05) is 0 Å². The fraction of sp³-hybridized carbons (Fsp3) is 0. The first-order chi connectivity index (χ1) is 13.9. The van der Waals surface area contributed by atoms with Crippen molar-refractivity contribution in [3.8, 4) is 17.4 Å². The van der Waals surface area contributed by atoms with E-state index < -0.39 is 10.8 Å². The number of nitro benzene ring substituents is 1. The minimum atomic E-state index is -0.800. The number of hydrogen-bond donors (Lipinski definition) is 1. The third-order valence-corrected chi connectivity index (χ3v) is 4.21. The maximum Gasteiger partial charge on any atom is 0.292 e. The molecule has 0 saturated carbocycles. The Morgan fingerprint density at radius 3 is 2.48 bits per heavy atom. The number of nitrogens with one attached hydrogen (secondary N) is 1. The molecular weight excluding hydrogens is 417 g/mol. The van der Waals surface area contributed by atoms with Gasteiger partial charge in [-0.2, -0.15) is 5.26 Å². The van der Waals surface area contributed by atoms with Gasteiger partial charge in [-0.25, -0.2) is 0 Å². The summed E-state index contributed by atoms with van der Waals surface area (Å²) in [5.41, 5.74) is 0.0480. The van der Waals surface area contributed by atoms with E-state index in [9.17, 15) is 20.2 Å². The fourth-order valence-corrected chi connectivity index (χ4v) is 3.03. The zero-order valence-corrected chi connectivity index (χ0v) is 16.1. The molecule has 0 atom stereocenters. The topological polar surface area (TPSA) is 109 Å². The summed E-state index contributed by atoms with van der Waals surface area (Å²) in [6, 6.07) is 15.5. The van der Waals surface area contributed by atoms with Crippen molar-refractivity contribution in [3.05, 3.63) is 86.1 Å². The zero-order valence-electron chi connectivity index (χ0n) is 14.6. The summed E-state index contributed by atoms with van der Waals surface area (Å²) < 4.78 is 5.64. The second kappa shape index (κ2) is 8.61. The summed E-state index contributed by atoms with van der Waals surface area (Å²) in [5, 5.41) is 23.6. The van der Waals surface area contributed by atoms with Crippen LogP contribution in [-0.4, -0.2) is 10.8 Å². The van der Waals surface area contributed by atoms with Crippen molar-refractivity contribution < 1.29 is 14.1 Å². The second-order valence-corrected chi connectivity index (χ2v) is 6.63. The molecule has 0 aliphatic rings. The van der Waals surface area contributed by atoms with E-state index in [2.05, 4.69) is 5.32 Å². The predicted molar refractivity (Wildman–Crippen MR) is 109 cm³/mol. The molecule has 0 unspecified atom stereocenters. The van der Waals surface area contributed by atoms with Gasteiger partial charge < -0.3 is 9.73 Å². The van der Waals surface area contributed by atoms with Gasteiger partial charge in [-0.3, -0.25) is 14.9 Å². The average Bonchev–Trinajstić information content (AvgIpc) is 3.14. The molecule has 0 bridgehead atoms. The van der Waals surface area contributed by atoms with Crippen LogP contribution in [0.15, 0.2) is 64.6 Å². The number of nitrogens with zero attached hydrogens (tertiary/aromatic N) is 2. The van der Waals surface area contributed by atoms with E-state index >= 15 is 0 Å². The molecule has 0 radical (unpaired) electrons. The van der Waals surface area contributed by atoms with Crippen molar-refractivity contribution in [2.45, 2.75) is 0 Å². The zero-order chi connectivity index (χ0) is 21.0. The molecule has 3 rings (SSSR count). The van der Waals surface area contributed by atoms with E-state index in [1.54, 1.807) is 36.4 Å². The summed E-state index contributed by atoms with van der Waals surface area (Å²) in [6.07, 6.45) is 1.24. The molecule has 1 aromatic heterocycles. The Labute approximate surface area is 174 Å². The number of furan rings is 1. The number of carbonyl (C=O) groups is 1. The smallest absolute Gasteiger partial charge is 0.292 e. The normalized spacial score (nSPS) is 11.0. The van der Waals surface area contributed by atoms with Crippen molar-refractivity contribution in [3.63, 3.8) is 0 Å². The van der Waals surface area contributed by atoms with Gasteiger partial charge >= 0.3 is 0 Å². The van der Waals surface area contributed by atoms with Crippen LogP contribution in [0.3, 0.4) is 0 Å². The Bertz CT molecular complexity index is 1160. The molecule has 2 aromatic carbocycles. The van der Waals surface area contributed by atoms with Gasteiger partial charge in [-0.05, 0) is 36.4 Å². The Morgan fingerprint density at radius 2 is 1.83 bits per heavy atom. The maximum absolute atomic E-state index is 12.4. The third kappa shape index (κ3) is 4.82. The Balaban J connectivity index is 1.85. The van der Waals surface area contributed by atoms with E-state index in [4.69, 9.17) is 27.6 Å². The van der Waals surface area contributed by atoms with Gasteiger partial charge in [0.1, 0.15) is 28.9 Å². The highest BCUT2D eigenvalue weighted by molar-refractivity contribution is 6.35. The van der Waals surface area contributed by atoms with Gasteiger partial charge in [0, 0.05) is 27.8 Å². The largest absolute Gasteiger partial charge is 0.457 e. The molecule has 144 valence electrons. The first kappa shape index (κ1) is 20.1. The van der Waals surface area contributed by atoms with Gasteiger partial charge in [-0.1, -0.05) is 35.3 Å². The minimum Gasteiger partial charge on any atom is -0.457 e. The summed E-state index contributed by atoms with van der Waals surface area (Å²) in [7, 11) is 0. The van der Waals surface area contributed by atoms with Gasteiger partial charge in [0.2, 0.25) is 0 Å². The lowest BCUT2D eigenvalue weighted by atomic mass is 10.2. The molecule has 0 fully saturated rings. The number of nitriles is 1. The molecule has 0 spiro atoms. The van der Waals surface area contributed by atoms with E-state index in [-0.39, 0.29) is 22.7 Å². The molecule has 1 heterocycles. The van der Waals surface area contributed by atoms with Crippen LogP contribution >= 0.6 is 23.2 Å².